The molecular formula is C37H39N7O5. The van der Waals surface area contributed by atoms with Crippen LogP contribution in [0.5, 0.6) is 28.7 Å². The molecule has 18 N–H and O–H groups in total. The predicted molar refractivity (Wildman–Crippen MR) is 200 cm³/mol. The Morgan fingerprint density at radius 1 is 0.367 bits per heavy atom. The van der Waals surface area contributed by atoms with Gasteiger partial charge in [-0.2, -0.15) is 0 Å². The van der Waals surface area contributed by atoms with Crippen molar-refractivity contribution in [1.82, 2.24) is 0 Å². The highest BCUT2D eigenvalue weighted by Gasteiger charge is 2.11. The number of hydrogen-bond donors (Lipinski definition) is 11. The normalized spacial score (nSPS) is 10.2. The lowest BCUT2D eigenvalue weighted by molar-refractivity contribution is 0.408. The average Bonchev–Trinajstić information content (AvgIpc) is 3.03. The van der Waals surface area contributed by atoms with Crippen LogP contribution >= 0.6 is 0 Å². The maximum absolute atomic E-state index is 9.90. The van der Waals surface area contributed by atoms with Crippen LogP contribution in [0, 0.1) is 0 Å². The lowest BCUT2D eigenvalue weighted by atomic mass is 10.0. The zero-order valence-corrected chi connectivity index (χ0v) is 26.6. The van der Waals surface area contributed by atoms with E-state index in [0.29, 0.717) is 67.8 Å². The molecule has 0 aliphatic carbocycles. The first kappa shape index (κ1) is 34.8. The van der Waals surface area contributed by atoms with E-state index in [9.17, 15) is 20.4 Å². The molecule has 12 heteroatoms. The van der Waals surface area contributed by atoms with Crippen molar-refractivity contribution in [2.75, 3.05) is 47.2 Å². The Morgan fingerprint density at radius 2 is 0.694 bits per heavy atom. The van der Waals surface area contributed by atoms with Crippen LogP contribution in [0.4, 0.5) is 39.8 Å². The van der Waals surface area contributed by atoms with Crippen LogP contribution in [0.3, 0.4) is 0 Å². The van der Waals surface area contributed by atoms with E-state index in [-0.39, 0.29) is 23.0 Å². The number of aromatic hydroxyl groups is 4. The topological polar surface area (TPSA) is 272 Å². The number of nitrogen functional groups attached to an aromatic ring is 7. The second-order valence-electron chi connectivity index (χ2n) is 10.9. The fourth-order valence-corrected chi connectivity index (χ4v) is 4.87. The molecule has 0 heterocycles. The minimum Gasteiger partial charge on any atom is -0.508 e. The standard InChI is InChI=1S/C13H14N2O2.C12H13N3O.C12H12N2O2/c1-17-9-3-5-11(13(16)7-9)10-4-2-8(14)6-12(10)15;13-7-1-3-9(11(15)5-7)10-4-2-8(14)6-12(10)16;13-7-1-3-9(11(14)5-7)10-4-2-8(15)6-12(10)16/h2-7,16H,14-15H2,1H3;1-6,16H,13-15H2;1-6,15-16H,13-14H2. The van der Waals surface area contributed by atoms with Crippen molar-refractivity contribution in [2.45, 2.75) is 0 Å². The highest BCUT2D eigenvalue weighted by atomic mass is 16.5. The third-order valence-electron chi connectivity index (χ3n) is 7.31. The number of benzene rings is 6. The largest absolute Gasteiger partial charge is 0.508 e. The average molecular weight is 662 g/mol. The summed E-state index contributed by atoms with van der Waals surface area (Å²) in [7, 11) is 1.55. The van der Waals surface area contributed by atoms with Gasteiger partial charge in [0.1, 0.15) is 28.7 Å². The van der Waals surface area contributed by atoms with Crippen molar-refractivity contribution in [1.29, 1.82) is 0 Å². The van der Waals surface area contributed by atoms with Crippen molar-refractivity contribution in [3.8, 4) is 62.1 Å². The third-order valence-corrected chi connectivity index (χ3v) is 7.31. The first-order valence-electron chi connectivity index (χ1n) is 14.7. The van der Waals surface area contributed by atoms with Crippen LogP contribution in [-0.4, -0.2) is 27.5 Å². The number of nitrogens with two attached hydrogens (primary N) is 7. The van der Waals surface area contributed by atoms with Crippen LogP contribution in [0.25, 0.3) is 33.4 Å². The molecule has 0 saturated heterocycles. The molecule has 6 rings (SSSR count). The van der Waals surface area contributed by atoms with Crippen molar-refractivity contribution >= 4 is 39.8 Å². The SMILES string of the molecule is COc1ccc(-c2ccc(N)cc2N)c(O)c1.Nc1ccc(-c2ccc(N)cc2O)c(N)c1.Nc1ccc(-c2ccc(O)cc2O)c(N)c1. The zero-order valence-electron chi connectivity index (χ0n) is 26.6. The number of phenols is 4. The molecule has 0 unspecified atom stereocenters. The molecule has 6 aromatic carbocycles. The van der Waals surface area contributed by atoms with Gasteiger partial charge < -0.3 is 65.3 Å². The summed E-state index contributed by atoms with van der Waals surface area (Å²) in [6.07, 6.45) is 0. The van der Waals surface area contributed by atoms with Gasteiger partial charge in [0, 0.05) is 91.4 Å². The van der Waals surface area contributed by atoms with Gasteiger partial charge >= 0.3 is 0 Å². The second-order valence-corrected chi connectivity index (χ2v) is 10.9. The molecule has 12 nitrogen and oxygen atoms in total. The van der Waals surface area contributed by atoms with E-state index in [0.717, 1.165) is 11.1 Å². The van der Waals surface area contributed by atoms with E-state index in [2.05, 4.69) is 0 Å². The highest BCUT2D eigenvalue weighted by Crippen LogP contribution is 2.38. The van der Waals surface area contributed by atoms with Crippen molar-refractivity contribution in [3.63, 3.8) is 0 Å². The van der Waals surface area contributed by atoms with Gasteiger partial charge in [-0.05, 0) is 72.8 Å². The van der Waals surface area contributed by atoms with E-state index in [1.165, 1.54) is 18.2 Å². The summed E-state index contributed by atoms with van der Waals surface area (Å²) in [4.78, 5) is 0. The highest BCUT2D eigenvalue weighted by molar-refractivity contribution is 5.84. The van der Waals surface area contributed by atoms with Gasteiger partial charge in [-0.1, -0.05) is 18.2 Å². The van der Waals surface area contributed by atoms with Gasteiger partial charge in [0.25, 0.3) is 0 Å². The molecule has 0 bridgehead atoms. The second kappa shape index (κ2) is 15.0. The van der Waals surface area contributed by atoms with Gasteiger partial charge in [0.15, 0.2) is 0 Å². The molecule has 6 aromatic rings. The van der Waals surface area contributed by atoms with Crippen LogP contribution in [0.2, 0.25) is 0 Å². The number of methoxy groups -OCH3 is 1. The minimum atomic E-state index is -0.0172. The maximum Gasteiger partial charge on any atom is 0.127 e. The fourth-order valence-electron chi connectivity index (χ4n) is 4.87. The number of phenolic OH excluding ortho intramolecular Hbond substituents is 4. The van der Waals surface area contributed by atoms with E-state index in [1.807, 2.05) is 0 Å². The summed E-state index contributed by atoms with van der Waals surface area (Å²) < 4.78 is 5.02. The van der Waals surface area contributed by atoms with Gasteiger partial charge in [0.05, 0.1) is 7.11 Å². The van der Waals surface area contributed by atoms with Gasteiger partial charge in [-0.25, -0.2) is 0 Å². The van der Waals surface area contributed by atoms with E-state index in [4.69, 9.17) is 44.9 Å². The molecule has 0 aromatic heterocycles. The summed E-state index contributed by atoms with van der Waals surface area (Å²) >= 11 is 0. The fraction of sp³-hybridized carbons (Fsp3) is 0.0270. The lowest BCUT2D eigenvalue weighted by Crippen LogP contribution is -1.94. The van der Waals surface area contributed by atoms with E-state index < -0.39 is 0 Å². The number of ether oxygens (including phenoxy) is 1. The Labute approximate surface area is 283 Å². The Balaban J connectivity index is 0.000000166. The Morgan fingerprint density at radius 3 is 1.04 bits per heavy atom. The molecule has 0 atom stereocenters. The molecule has 0 amide bonds. The monoisotopic (exact) mass is 661 g/mol. The van der Waals surface area contributed by atoms with Crippen molar-refractivity contribution in [2.24, 2.45) is 0 Å². The van der Waals surface area contributed by atoms with Crippen LogP contribution < -0.4 is 44.9 Å². The maximum atomic E-state index is 9.90. The molecule has 0 fully saturated rings. The van der Waals surface area contributed by atoms with Crippen LogP contribution in [-0.2, 0) is 0 Å². The summed E-state index contributed by atoms with van der Waals surface area (Å²) in [5.74, 6) is 0.823. The summed E-state index contributed by atoms with van der Waals surface area (Å²) in [6.45, 7) is 0. The predicted octanol–water partition coefficient (Wildman–Crippen LogP) is 5.97. The first-order valence-corrected chi connectivity index (χ1v) is 14.7. The van der Waals surface area contributed by atoms with Gasteiger partial charge in [0.2, 0.25) is 0 Å². The first-order chi connectivity index (χ1) is 23.3. The minimum absolute atomic E-state index is 0.00951. The van der Waals surface area contributed by atoms with Crippen molar-refractivity contribution < 1.29 is 25.2 Å². The quantitative estimate of drug-likeness (QED) is 0.0975. The van der Waals surface area contributed by atoms with Gasteiger partial charge in [-0.15, -0.1) is 0 Å². The molecule has 0 aliphatic heterocycles. The Kier molecular flexibility index (Phi) is 10.7. The zero-order chi connectivity index (χ0) is 35.8. The third kappa shape index (κ3) is 8.60. The number of hydrogen-bond acceptors (Lipinski definition) is 12. The Bertz CT molecular complexity index is 1910. The summed E-state index contributed by atoms with van der Waals surface area (Å²) in [6, 6.07) is 29.8. The summed E-state index contributed by atoms with van der Waals surface area (Å²) in [5.41, 5.74) is 47.7. The molecule has 0 spiro atoms. The number of rotatable bonds is 4. The molecular weight excluding hydrogens is 622 g/mol. The molecule has 0 saturated carbocycles. The van der Waals surface area contributed by atoms with Crippen LogP contribution in [0.1, 0.15) is 0 Å². The van der Waals surface area contributed by atoms with Crippen LogP contribution in [0.15, 0.2) is 109 Å². The molecule has 0 aliphatic rings. The molecule has 49 heavy (non-hydrogen) atoms. The molecule has 0 radical (unpaired) electrons. The van der Waals surface area contributed by atoms with Gasteiger partial charge in [-0.3, -0.25) is 0 Å². The van der Waals surface area contributed by atoms with E-state index >= 15 is 0 Å². The Hall–Kier alpha value is -7.08. The van der Waals surface area contributed by atoms with E-state index in [1.54, 1.807) is 98.1 Å². The smallest absolute Gasteiger partial charge is 0.127 e. The number of anilines is 7. The lowest BCUT2D eigenvalue weighted by Gasteiger charge is -2.10. The summed E-state index contributed by atoms with van der Waals surface area (Å²) in [5, 5.41) is 38.6. The molecule has 252 valence electrons. The van der Waals surface area contributed by atoms with Crippen molar-refractivity contribution in [3.05, 3.63) is 109 Å².